The van der Waals surface area contributed by atoms with E-state index in [1.807, 2.05) is 0 Å². The van der Waals surface area contributed by atoms with E-state index in [0.717, 1.165) is 6.07 Å². The number of hydrogen-bond donors (Lipinski definition) is 11. The Morgan fingerprint density at radius 3 is 1.90 bits per heavy atom. The Hall–Kier alpha value is -3.25. The van der Waals surface area contributed by atoms with Crippen LogP contribution in [0.25, 0.3) is 0 Å². The van der Waals surface area contributed by atoms with Gasteiger partial charge in [0, 0.05) is 12.1 Å². The van der Waals surface area contributed by atoms with Gasteiger partial charge in [0.1, 0.15) is 95.7 Å². The maximum atomic E-state index is 13.2. The van der Waals surface area contributed by atoms with Crippen LogP contribution in [0.4, 0.5) is 0 Å². The van der Waals surface area contributed by atoms with Gasteiger partial charge in [-0.15, -0.1) is 0 Å². The second kappa shape index (κ2) is 15.6. The normalized spacial score (nSPS) is 40.8. The van der Waals surface area contributed by atoms with E-state index in [-0.39, 0.29) is 29.2 Å². The molecule has 0 spiro atoms. The maximum Gasteiger partial charge on any atom is 0.229 e. The molecule has 2 aromatic carbocycles. The minimum absolute atomic E-state index is 0.0950. The Labute approximate surface area is 295 Å². The molecule has 288 valence electrons. The van der Waals surface area contributed by atoms with Crippen LogP contribution in [0.15, 0.2) is 36.4 Å². The number of phenols is 1. The van der Waals surface area contributed by atoms with Crippen molar-refractivity contribution >= 4 is 5.78 Å². The molecule has 4 aliphatic rings. The van der Waals surface area contributed by atoms with Crippen molar-refractivity contribution in [3.8, 4) is 23.0 Å². The van der Waals surface area contributed by atoms with Gasteiger partial charge in [0.25, 0.3) is 0 Å². The Morgan fingerprint density at radius 2 is 1.25 bits per heavy atom. The van der Waals surface area contributed by atoms with Crippen LogP contribution in [0.3, 0.4) is 0 Å². The van der Waals surface area contributed by atoms with Crippen LogP contribution < -0.4 is 14.2 Å². The molecule has 0 amide bonds. The van der Waals surface area contributed by atoms with Crippen molar-refractivity contribution in [2.45, 2.75) is 112 Å². The fourth-order valence-electron chi connectivity index (χ4n) is 6.44. The number of Topliss-reactive ketones (excluding diaryl/α,β-unsaturated/α-hetero) is 1. The largest absolute Gasteiger partial charge is 0.507 e. The predicted octanol–water partition coefficient (Wildman–Crippen LogP) is -3.69. The van der Waals surface area contributed by atoms with Gasteiger partial charge in [0.15, 0.2) is 18.2 Å². The number of phenolic OH excluding ortho intramolecular Hbond substituents is 1. The van der Waals surface area contributed by atoms with Gasteiger partial charge in [-0.05, 0) is 24.6 Å². The molecule has 11 N–H and O–H groups in total. The summed E-state index contributed by atoms with van der Waals surface area (Å²) in [6.45, 7) is 0.0222. The number of aliphatic hydroxyl groups excluding tert-OH is 10. The van der Waals surface area contributed by atoms with E-state index in [4.69, 9.17) is 33.2 Å². The standard InChI is InChI=1S/C33H42O19/c1-11-22(38)25(41)28(44)31(46-11)52-30-27(43)24(40)20(10-35)51-33(30)48-14-6-15(36)21-16(37)8-17(49-18(21)7-14)12-2-4-13(5-3-12)47-32-29(45)26(42)23(39)19(9-34)50-32/h2-7,11,17,19-20,22-36,38-45H,8-10H2,1H3/t11-,17-,19-,20-,22-,23-,24-,25-,26-,27+,28-,29-,30-,31-,32-,33-/m0/s1. The molecule has 19 heteroatoms. The van der Waals surface area contributed by atoms with Crippen molar-refractivity contribution in [3.63, 3.8) is 0 Å². The predicted molar refractivity (Wildman–Crippen MR) is 167 cm³/mol. The number of ketones is 1. The van der Waals surface area contributed by atoms with Crippen molar-refractivity contribution < 1.29 is 94.1 Å². The average molecular weight is 743 g/mol. The van der Waals surface area contributed by atoms with E-state index in [9.17, 15) is 61.0 Å². The van der Waals surface area contributed by atoms with E-state index in [1.165, 1.54) is 25.1 Å². The zero-order valence-corrected chi connectivity index (χ0v) is 27.5. The van der Waals surface area contributed by atoms with Gasteiger partial charge < -0.3 is 89.3 Å². The first-order chi connectivity index (χ1) is 24.7. The Kier molecular flexibility index (Phi) is 11.6. The molecule has 0 radical (unpaired) electrons. The number of ether oxygens (including phenoxy) is 7. The molecule has 2 aromatic rings. The van der Waals surface area contributed by atoms with Crippen molar-refractivity contribution in [2.75, 3.05) is 13.2 Å². The van der Waals surface area contributed by atoms with E-state index in [2.05, 4.69) is 0 Å². The van der Waals surface area contributed by atoms with Crippen LogP contribution >= 0.6 is 0 Å². The highest BCUT2D eigenvalue weighted by molar-refractivity contribution is 6.02. The third-order valence-corrected chi connectivity index (χ3v) is 9.50. The lowest BCUT2D eigenvalue weighted by Gasteiger charge is -2.45. The molecule has 0 aliphatic carbocycles. The quantitative estimate of drug-likeness (QED) is 0.118. The van der Waals surface area contributed by atoms with E-state index in [1.54, 1.807) is 12.1 Å². The molecular weight excluding hydrogens is 700 g/mol. The summed E-state index contributed by atoms with van der Waals surface area (Å²) >= 11 is 0. The van der Waals surface area contributed by atoms with E-state index in [0.29, 0.717) is 5.56 Å². The third-order valence-electron chi connectivity index (χ3n) is 9.50. The first-order valence-electron chi connectivity index (χ1n) is 16.5. The molecule has 19 nitrogen and oxygen atoms in total. The summed E-state index contributed by atoms with van der Waals surface area (Å²) in [5, 5.41) is 113. The van der Waals surface area contributed by atoms with Gasteiger partial charge in [-0.1, -0.05) is 12.1 Å². The van der Waals surface area contributed by atoms with Crippen LogP contribution in [-0.2, 0) is 18.9 Å². The molecule has 16 atom stereocenters. The van der Waals surface area contributed by atoms with Gasteiger partial charge in [-0.25, -0.2) is 0 Å². The molecule has 4 heterocycles. The molecule has 3 fully saturated rings. The summed E-state index contributed by atoms with van der Waals surface area (Å²) in [7, 11) is 0. The molecule has 3 saturated heterocycles. The van der Waals surface area contributed by atoms with Crippen LogP contribution in [0.1, 0.15) is 35.4 Å². The molecule has 4 aliphatic heterocycles. The third kappa shape index (κ3) is 7.43. The molecule has 0 bridgehead atoms. The summed E-state index contributed by atoms with van der Waals surface area (Å²) in [6.07, 6.45) is -24.2. The minimum Gasteiger partial charge on any atom is -0.507 e. The Balaban J connectivity index is 1.19. The van der Waals surface area contributed by atoms with Crippen molar-refractivity contribution in [2.24, 2.45) is 0 Å². The summed E-state index contributed by atoms with van der Waals surface area (Å²) in [4.78, 5) is 13.2. The first-order valence-corrected chi connectivity index (χ1v) is 16.5. The fraction of sp³-hybridized carbons (Fsp3) is 0.606. The van der Waals surface area contributed by atoms with Gasteiger partial charge >= 0.3 is 0 Å². The number of aromatic hydroxyl groups is 1. The second-order valence-electron chi connectivity index (χ2n) is 13.0. The molecular formula is C33H42O19. The molecule has 0 saturated carbocycles. The number of aliphatic hydroxyl groups is 10. The summed E-state index contributed by atoms with van der Waals surface area (Å²) in [5.74, 6) is -1.09. The van der Waals surface area contributed by atoms with Crippen molar-refractivity contribution in [1.29, 1.82) is 0 Å². The Morgan fingerprint density at radius 1 is 0.673 bits per heavy atom. The number of carbonyl (C=O) groups excluding carboxylic acids is 1. The maximum absolute atomic E-state index is 13.2. The van der Waals surface area contributed by atoms with Gasteiger partial charge in [-0.2, -0.15) is 0 Å². The number of fused-ring (bicyclic) bond motifs is 1. The monoisotopic (exact) mass is 742 g/mol. The summed E-state index contributed by atoms with van der Waals surface area (Å²) in [6, 6.07) is 8.40. The highest BCUT2D eigenvalue weighted by Gasteiger charge is 2.51. The van der Waals surface area contributed by atoms with Crippen LogP contribution in [-0.4, -0.2) is 167 Å². The number of carbonyl (C=O) groups is 1. The SMILES string of the molecule is C[C@@H]1O[C@@H](O[C@@H]2[C@@H](Oc3cc(O)c4c(c3)O[C@H](c3ccc(O[C@H]5O[C@@H](CO)[C@H](O)[C@H](O)[C@@H]5O)cc3)CC4=O)O[C@@H](CO)[C@H](O)[C@H]2O)[C@@H](O)[C@@H](O)[C@H]1O. The topological polar surface area (TPSA) is 304 Å². The fourth-order valence-corrected chi connectivity index (χ4v) is 6.44. The number of hydrogen-bond acceptors (Lipinski definition) is 19. The molecule has 0 aromatic heterocycles. The minimum atomic E-state index is -1.80. The van der Waals surface area contributed by atoms with Gasteiger partial charge in [-0.3, -0.25) is 4.79 Å². The Bertz CT molecular complexity index is 1540. The number of rotatable bonds is 9. The summed E-state index contributed by atoms with van der Waals surface area (Å²) < 4.78 is 39.8. The number of benzene rings is 2. The van der Waals surface area contributed by atoms with E-state index >= 15 is 0 Å². The van der Waals surface area contributed by atoms with Crippen LogP contribution in [0.2, 0.25) is 0 Å². The first kappa shape index (κ1) is 38.5. The van der Waals surface area contributed by atoms with Crippen LogP contribution in [0.5, 0.6) is 23.0 Å². The van der Waals surface area contributed by atoms with Crippen molar-refractivity contribution in [3.05, 3.63) is 47.5 Å². The lowest BCUT2D eigenvalue weighted by atomic mass is 9.95. The highest BCUT2D eigenvalue weighted by Crippen LogP contribution is 2.43. The van der Waals surface area contributed by atoms with Crippen LogP contribution in [0, 0.1) is 0 Å². The van der Waals surface area contributed by atoms with Gasteiger partial charge in [0.05, 0.1) is 25.7 Å². The smallest absolute Gasteiger partial charge is 0.229 e. The molecule has 52 heavy (non-hydrogen) atoms. The van der Waals surface area contributed by atoms with E-state index < -0.39 is 123 Å². The molecule has 6 rings (SSSR count). The zero-order chi connectivity index (χ0) is 37.6. The lowest BCUT2D eigenvalue weighted by molar-refractivity contribution is -0.354. The summed E-state index contributed by atoms with van der Waals surface area (Å²) in [5.41, 5.74) is 0.345. The zero-order valence-electron chi connectivity index (χ0n) is 27.5. The average Bonchev–Trinajstić information content (AvgIpc) is 3.12. The van der Waals surface area contributed by atoms with Gasteiger partial charge in [0.2, 0.25) is 12.6 Å². The lowest BCUT2D eigenvalue weighted by Crippen LogP contribution is -2.64. The second-order valence-corrected chi connectivity index (χ2v) is 13.0. The molecule has 0 unspecified atom stereocenters. The highest BCUT2D eigenvalue weighted by atomic mass is 16.8. The van der Waals surface area contributed by atoms with Crippen molar-refractivity contribution in [1.82, 2.24) is 0 Å².